The Bertz CT molecular complexity index is 1110. The minimum atomic E-state index is 0.120. The number of carbonyl (C=O) groups is 2. The molecule has 0 spiro atoms. The number of piperidine rings is 1. The number of aldehydes is 1. The molecule has 1 aliphatic rings. The maximum Gasteiger partial charge on any atom is 0.253 e. The van der Waals surface area contributed by atoms with Gasteiger partial charge in [-0.05, 0) is 79.9 Å². The first-order valence-corrected chi connectivity index (χ1v) is 13.5. The van der Waals surface area contributed by atoms with Crippen LogP contribution >= 0.6 is 22.7 Å². The van der Waals surface area contributed by atoms with Crippen molar-refractivity contribution in [2.24, 2.45) is 5.41 Å². The summed E-state index contributed by atoms with van der Waals surface area (Å²) < 4.78 is 1.13. The number of hydrogen-bond acceptors (Lipinski definition) is 6. The van der Waals surface area contributed by atoms with E-state index in [1.807, 2.05) is 25.1 Å². The largest absolute Gasteiger partial charge is 0.338 e. The third-order valence-electron chi connectivity index (χ3n) is 6.56. The molecule has 1 aliphatic heterocycles. The lowest BCUT2D eigenvalue weighted by atomic mass is 9.79. The molecular formula is C26H33N3O2S2. The molecule has 2 aromatic heterocycles. The second-order valence-electron chi connectivity index (χ2n) is 9.52. The van der Waals surface area contributed by atoms with Crippen LogP contribution in [0, 0.1) is 12.3 Å². The molecule has 4 rings (SSSR count). The lowest BCUT2D eigenvalue weighted by molar-refractivity contribution is -0.107. The molecule has 176 valence electrons. The van der Waals surface area contributed by atoms with Gasteiger partial charge in [-0.1, -0.05) is 13.8 Å². The van der Waals surface area contributed by atoms with Gasteiger partial charge in [0.25, 0.3) is 5.91 Å². The van der Waals surface area contributed by atoms with E-state index in [4.69, 9.17) is 0 Å². The van der Waals surface area contributed by atoms with Gasteiger partial charge < -0.3 is 9.69 Å². The quantitative estimate of drug-likeness (QED) is 0.374. The Balaban J connectivity index is 1.38. The van der Waals surface area contributed by atoms with Gasteiger partial charge >= 0.3 is 0 Å². The van der Waals surface area contributed by atoms with Crippen molar-refractivity contribution in [2.45, 2.75) is 53.0 Å². The van der Waals surface area contributed by atoms with Crippen molar-refractivity contribution in [3.63, 3.8) is 0 Å². The molecule has 0 atom stereocenters. The molecule has 7 heteroatoms. The smallest absolute Gasteiger partial charge is 0.253 e. The monoisotopic (exact) mass is 483 g/mol. The van der Waals surface area contributed by atoms with Gasteiger partial charge in [0, 0.05) is 36.5 Å². The van der Waals surface area contributed by atoms with E-state index in [2.05, 4.69) is 40.1 Å². The van der Waals surface area contributed by atoms with Crippen molar-refractivity contribution < 1.29 is 9.59 Å². The average molecular weight is 484 g/mol. The standard InChI is InChI=1S/C26H33N3O2S2/c1-4-10-29(25(31)21-5-6-24-23(15-21)27-19(2)33-24)18-26(3)8-11-28(12-9-26)16-22-14-20(7-13-30)17-32-22/h5-6,13-15,17H,4,7-12,16,18H2,1-3H3. The number of nitrogens with zero attached hydrogens (tertiary/aromatic N) is 3. The number of hydrogen-bond donors (Lipinski definition) is 0. The van der Waals surface area contributed by atoms with Crippen molar-refractivity contribution in [2.75, 3.05) is 26.2 Å². The third kappa shape index (κ3) is 5.89. The third-order valence-corrected chi connectivity index (χ3v) is 8.49. The van der Waals surface area contributed by atoms with Crippen molar-refractivity contribution in [1.29, 1.82) is 0 Å². The molecule has 1 amide bonds. The summed E-state index contributed by atoms with van der Waals surface area (Å²) in [6.45, 7) is 11.1. The van der Waals surface area contributed by atoms with Crippen molar-refractivity contribution in [3.8, 4) is 0 Å². The molecule has 3 heterocycles. The van der Waals surface area contributed by atoms with Crippen LogP contribution in [-0.2, 0) is 17.8 Å². The highest BCUT2D eigenvalue weighted by Gasteiger charge is 2.33. The van der Waals surface area contributed by atoms with E-state index in [0.29, 0.717) is 6.42 Å². The summed E-state index contributed by atoms with van der Waals surface area (Å²) in [5.74, 6) is 0.120. The Morgan fingerprint density at radius 1 is 1.27 bits per heavy atom. The molecule has 33 heavy (non-hydrogen) atoms. The summed E-state index contributed by atoms with van der Waals surface area (Å²) >= 11 is 3.41. The van der Waals surface area contributed by atoms with E-state index in [-0.39, 0.29) is 11.3 Å². The van der Waals surface area contributed by atoms with Gasteiger partial charge in [0.15, 0.2) is 0 Å². The maximum atomic E-state index is 13.4. The Kier molecular flexibility index (Phi) is 7.62. The number of rotatable bonds is 9. The Morgan fingerprint density at radius 3 is 2.79 bits per heavy atom. The lowest BCUT2D eigenvalue weighted by Gasteiger charge is -2.42. The number of carbonyl (C=O) groups excluding carboxylic acids is 2. The summed E-state index contributed by atoms with van der Waals surface area (Å²) in [7, 11) is 0. The zero-order valence-corrected chi connectivity index (χ0v) is 21.4. The minimum Gasteiger partial charge on any atom is -0.338 e. The van der Waals surface area contributed by atoms with Gasteiger partial charge in [-0.25, -0.2) is 4.98 Å². The zero-order valence-electron chi connectivity index (χ0n) is 19.8. The first kappa shape index (κ1) is 24.0. The van der Waals surface area contributed by atoms with E-state index >= 15 is 0 Å². The molecule has 0 unspecified atom stereocenters. The van der Waals surface area contributed by atoms with Gasteiger partial charge in [0.05, 0.1) is 15.2 Å². The van der Waals surface area contributed by atoms with Gasteiger partial charge in [0.1, 0.15) is 6.29 Å². The van der Waals surface area contributed by atoms with Crippen LogP contribution in [0.1, 0.15) is 58.9 Å². The number of likely N-dealkylation sites (tertiary alicyclic amines) is 1. The van der Waals surface area contributed by atoms with Crippen LogP contribution in [0.25, 0.3) is 10.2 Å². The van der Waals surface area contributed by atoms with Gasteiger partial charge in [-0.15, -0.1) is 22.7 Å². The highest BCUT2D eigenvalue weighted by atomic mass is 32.1. The molecule has 0 saturated carbocycles. The second kappa shape index (κ2) is 10.5. The molecular weight excluding hydrogens is 450 g/mol. The van der Waals surface area contributed by atoms with Crippen molar-refractivity contribution in [1.82, 2.24) is 14.8 Å². The summed E-state index contributed by atoms with van der Waals surface area (Å²) in [5, 5.41) is 3.12. The average Bonchev–Trinajstić information content (AvgIpc) is 3.39. The number of fused-ring (bicyclic) bond motifs is 1. The van der Waals surface area contributed by atoms with Gasteiger partial charge in [0.2, 0.25) is 0 Å². The highest BCUT2D eigenvalue weighted by molar-refractivity contribution is 7.18. The van der Waals surface area contributed by atoms with Crippen LogP contribution < -0.4 is 0 Å². The predicted molar refractivity (Wildman–Crippen MR) is 137 cm³/mol. The van der Waals surface area contributed by atoms with E-state index in [1.165, 1.54) is 4.88 Å². The van der Waals surface area contributed by atoms with Crippen LogP contribution in [0.15, 0.2) is 29.6 Å². The van der Waals surface area contributed by atoms with Crippen LogP contribution in [0.5, 0.6) is 0 Å². The maximum absolute atomic E-state index is 13.4. The number of amides is 1. The van der Waals surface area contributed by atoms with Crippen LogP contribution in [0.4, 0.5) is 0 Å². The van der Waals surface area contributed by atoms with Gasteiger partial charge in [-0.2, -0.15) is 0 Å². The molecule has 0 radical (unpaired) electrons. The highest BCUT2D eigenvalue weighted by Crippen LogP contribution is 2.34. The Labute approximate surface area is 204 Å². The number of aryl methyl sites for hydroxylation is 1. The first-order chi connectivity index (χ1) is 15.9. The van der Waals surface area contributed by atoms with Crippen LogP contribution in [0.3, 0.4) is 0 Å². The van der Waals surface area contributed by atoms with Crippen molar-refractivity contribution in [3.05, 3.63) is 50.7 Å². The zero-order chi connectivity index (χ0) is 23.4. The minimum absolute atomic E-state index is 0.120. The fourth-order valence-corrected chi connectivity index (χ4v) is 6.43. The van der Waals surface area contributed by atoms with Crippen molar-refractivity contribution >= 4 is 45.1 Å². The topological polar surface area (TPSA) is 53.5 Å². The molecule has 0 aliphatic carbocycles. The fourth-order valence-electron chi connectivity index (χ4n) is 4.68. The predicted octanol–water partition coefficient (Wildman–Crippen LogP) is 5.56. The summed E-state index contributed by atoms with van der Waals surface area (Å²) in [6, 6.07) is 8.10. The van der Waals surface area contributed by atoms with E-state index in [9.17, 15) is 9.59 Å². The van der Waals surface area contributed by atoms with Gasteiger partial charge in [-0.3, -0.25) is 9.69 Å². The van der Waals surface area contributed by atoms with E-state index in [0.717, 1.165) is 84.6 Å². The van der Waals surface area contributed by atoms with E-state index in [1.54, 1.807) is 22.7 Å². The van der Waals surface area contributed by atoms with E-state index < -0.39 is 0 Å². The molecule has 1 fully saturated rings. The number of benzene rings is 1. The normalized spacial score (nSPS) is 16.2. The SMILES string of the molecule is CCCN(CC1(C)CCN(Cc2cc(CC=O)cs2)CC1)C(=O)c1ccc2sc(C)nc2c1. The Morgan fingerprint density at radius 2 is 2.06 bits per heavy atom. The molecule has 1 aromatic carbocycles. The molecule has 0 N–H and O–H groups in total. The number of aromatic nitrogens is 1. The molecule has 1 saturated heterocycles. The first-order valence-electron chi connectivity index (χ1n) is 11.8. The molecule has 5 nitrogen and oxygen atoms in total. The fraction of sp³-hybridized carbons (Fsp3) is 0.500. The number of thiazole rings is 1. The lowest BCUT2D eigenvalue weighted by Crippen LogP contribution is -2.46. The summed E-state index contributed by atoms with van der Waals surface area (Å²) in [5.41, 5.74) is 2.91. The summed E-state index contributed by atoms with van der Waals surface area (Å²) in [6.07, 6.45) is 4.59. The second-order valence-corrected chi connectivity index (χ2v) is 11.8. The molecule has 3 aromatic rings. The number of thiophene rings is 1. The molecule has 0 bridgehead atoms. The Hall–Kier alpha value is -2.09. The van der Waals surface area contributed by atoms with Crippen LogP contribution in [0.2, 0.25) is 0 Å². The summed E-state index contributed by atoms with van der Waals surface area (Å²) in [4.78, 5) is 34.6. The van der Waals surface area contributed by atoms with Crippen LogP contribution in [-0.4, -0.2) is 53.2 Å².